The molecule has 12 heteroatoms. The summed E-state index contributed by atoms with van der Waals surface area (Å²) in [5.41, 5.74) is 4.35. The number of imidazole rings is 1. The maximum Gasteiger partial charge on any atom is 0.407 e. The third-order valence-electron chi connectivity index (χ3n) is 8.06. The topological polar surface area (TPSA) is 112 Å². The summed E-state index contributed by atoms with van der Waals surface area (Å²) in [6.45, 7) is 9.22. The summed E-state index contributed by atoms with van der Waals surface area (Å²) in [5.74, 6) is 1.42. The van der Waals surface area contributed by atoms with Crippen molar-refractivity contribution in [3.05, 3.63) is 77.3 Å². The van der Waals surface area contributed by atoms with Gasteiger partial charge in [-0.3, -0.25) is 4.40 Å². The van der Waals surface area contributed by atoms with Gasteiger partial charge in [0.2, 0.25) is 0 Å². The Labute approximate surface area is 277 Å². The number of anilines is 3. The van der Waals surface area contributed by atoms with E-state index >= 15 is 0 Å². The molecule has 0 spiro atoms. The van der Waals surface area contributed by atoms with E-state index in [1.807, 2.05) is 57.1 Å². The van der Waals surface area contributed by atoms with Gasteiger partial charge < -0.3 is 19.9 Å². The Balaban J connectivity index is 1.21. The maximum atomic E-state index is 13.6. The minimum atomic E-state index is -0.520. The van der Waals surface area contributed by atoms with Crippen molar-refractivity contribution < 1.29 is 13.9 Å². The molecule has 1 aromatic carbocycles. The Morgan fingerprint density at radius 1 is 1.09 bits per heavy atom. The predicted octanol–water partition coefficient (Wildman–Crippen LogP) is 7.35. The van der Waals surface area contributed by atoms with Crippen LogP contribution in [0.15, 0.2) is 60.9 Å². The summed E-state index contributed by atoms with van der Waals surface area (Å²) in [5, 5.41) is 13.5. The normalized spacial score (nSPS) is 13.9. The van der Waals surface area contributed by atoms with Crippen LogP contribution in [0.1, 0.15) is 51.1 Å². The number of ether oxygens (including phenoxy) is 1. The summed E-state index contributed by atoms with van der Waals surface area (Å²) < 4.78 is 21.0. The van der Waals surface area contributed by atoms with Crippen LogP contribution in [0.25, 0.3) is 28.0 Å². The van der Waals surface area contributed by atoms with Crippen molar-refractivity contribution in [2.24, 2.45) is 0 Å². The number of pyridine rings is 2. The number of aromatic nitrogens is 4. The second kappa shape index (κ2) is 13.0. The van der Waals surface area contributed by atoms with Crippen LogP contribution in [-0.4, -0.2) is 57.2 Å². The molecule has 6 rings (SSSR count). The molecule has 0 saturated carbocycles. The third-order valence-corrected chi connectivity index (χ3v) is 9.09. The molecule has 0 radical (unpaired) electrons. The lowest BCUT2D eigenvalue weighted by Crippen LogP contribution is -2.46. The highest BCUT2D eigenvalue weighted by Crippen LogP contribution is 2.37. The molecule has 0 bridgehead atoms. The zero-order valence-electron chi connectivity index (χ0n) is 27.1. The third kappa shape index (κ3) is 6.90. The van der Waals surface area contributed by atoms with Crippen LogP contribution >= 0.6 is 11.3 Å². The fourth-order valence-electron chi connectivity index (χ4n) is 5.74. The number of nitrogens with zero attached hydrogens (tertiary/aromatic N) is 7. The molecule has 5 aromatic rings. The minimum Gasteiger partial charge on any atom is -0.444 e. The van der Waals surface area contributed by atoms with E-state index in [4.69, 9.17) is 19.7 Å². The van der Waals surface area contributed by atoms with Crippen LogP contribution in [0.2, 0.25) is 0 Å². The van der Waals surface area contributed by atoms with Crippen molar-refractivity contribution in [2.75, 3.05) is 29.9 Å². The van der Waals surface area contributed by atoms with E-state index in [0.717, 1.165) is 60.0 Å². The molecule has 1 saturated heterocycles. The van der Waals surface area contributed by atoms with E-state index in [1.165, 1.54) is 23.5 Å². The number of rotatable bonds is 7. The second-order valence-corrected chi connectivity index (χ2v) is 13.5. The highest BCUT2D eigenvalue weighted by Gasteiger charge is 2.25. The van der Waals surface area contributed by atoms with Gasteiger partial charge in [0, 0.05) is 55.3 Å². The van der Waals surface area contributed by atoms with E-state index < -0.39 is 5.60 Å². The summed E-state index contributed by atoms with van der Waals surface area (Å²) in [6, 6.07) is 16.5. The largest absolute Gasteiger partial charge is 0.444 e. The van der Waals surface area contributed by atoms with Crippen molar-refractivity contribution in [3.8, 4) is 28.5 Å². The molecule has 242 valence electrons. The minimum absolute atomic E-state index is 0.0768. The standard InChI is InChI=1S/C35H37FN8O2S/c1-6-27-32(42(5)33-41-31(28(19-37)47-33)22-7-11-25(36)12-8-22)44-21-24(10-14-30(44)40-27)23-9-13-29(38-20-23)43-17-15-26(16-18-43)39-34(45)46-35(2,3)4/h7-14,20-21,26H,6,15-18H2,1-5H3,(H,39,45). The van der Waals surface area contributed by atoms with Gasteiger partial charge in [-0.05, 0) is 88.6 Å². The Morgan fingerprint density at radius 2 is 1.79 bits per heavy atom. The number of fused-ring (bicyclic) bond motifs is 1. The van der Waals surface area contributed by atoms with Gasteiger partial charge in [-0.1, -0.05) is 18.3 Å². The van der Waals surface area contributed by atoms with Gasteiger partial charge in [-0.25, -0.2) is 24.1 Å². The van der Waals surface area contributed by atoms with Crippen molar-refractivity contribution in [3.63, 3.8) is 0 Å². The average molecular weight is 653 g/mol. The van der Waals surface area contributed by atoms with Crippen molar-refractivity contribution in [2.45, 2.75) is 58.6 Å². The summed E-state index contributed by atoms with van der Waals surface area (Å²) in [7, 11) is 1.92. The summed E-state index contributed by atoms with van der Waals surface area (Å²) in [6.07, 6.45) is 5.90. The molecule has 0 unspecified atom stereocenters. The molecule has 0 aliphatic carbocycles. The molecule has 10 nitrogen and oxygen atoms in total. The number of halogens is 1. The molecule has 0 atom stereocenters. The van der Waals surface area contributed by atoms with E-state index in [1.54, 1.807) is 12.1 Å². The van der Waals surface area contributed by atoms with Crippen molar-refractivity contribution in [1.29, 1.82) is 5.26 Å². The van der Waals surface area contributed by atoms with Crippen LogP contribution in [0.5, 0.6) is 0 Å². The molecule has 5 heterocycles. The van der Waals surface area contributed by atoms with E-state index in [0.29, 0.717) is 27.7 Å². The fourth-order valence-corrected chi connectivity index (χ4v) is 6.59. The Kier molecular flexibility index (Phi) is 8.84. The number of carbonyl (C=O) groups is 1. The number of aryl methyl sites for hydroxylation is 1. The fraction of sp³-hybridized carbons (Fsp3) is 0.343. The van der Waals surface area contributed by atoms with Gasteiger partial charge in [0.05, 0.1) is 5.69 Å². The molecule has 1 N–H and O–H groups in total. The molecule has 47 heavy (non-hydrogen) atoms. The smallest absolute Gasteiger partial charge is 0.407 e. The number of amides is 1. The molecule has 1 aliphatic heterocycles. The summed E-state index contributed by atoms with van der Waals surface area (Å²) in [4.78, 5) is 31.3. The Hall–Kier alpha value is -5.02. The second-order valence-electron chi connectivity index (χ2n) is 12.5. The first-order valence-corrected chi connectivity index (χ1v) is 16.5. The number of nitriles is 1. The first-order chi connectivity index (χ1) is 22.5. The van der Waals surface area contributed by atoms with E-state index in [2.05, 4.69) is 39.9 Å². The average Bonchev–Trinajstić information content (AvgIpc) is 3.66. The van der Waals surface area contributed by atoms with Crippen LogP contribution in [0.4, 0.5) is 26.0 Å². The zero-order valence-corrected chi connectivity index (χ0v) is 27.9. The number of hydrogen-bond acceptors (Lipinski definition) is 9. The van der Waals surface area contributed by atoms with Crippen LogP contribution in [-0.2, 0) is 11.2 Å². The number of carbonyl (C=O) groups excluding carboxylic acids is 1. The lowest BCUT2D eigenvalue weighted by molar-refractivity contribution is 0.0497. The number of thiazole rings is 1. The molecule has 4 aromatic heterocycles. The monoisotopic (exact) mass is 652 g/mol. The molecular weight excluding hydrogens is 616 g/mol. The highest BCUT2D eigenvalue weighted by atomic mass is 32.1. The predicted molar refractivity (Wildman–Crippen MR) is 183 cm³/mol. The number of nitrogens with one attached hydrogen (secondary N) is 1. The molecule has 1 fully saturated rings. The van der Waals surface area contributed by atoms with Gasteiger partial charge in [-0.2, -0.15) is 5.26 Å². The zero-order chi connectivity index (χ0) is 33.3. The van der Waals surface area contributed by atoms with Crippen LogP contribution < -0.4 is 15.1 Å². The quantitative estimate of drug-likeness (QED) is 0.194. The SMILES string of the molecule is CCc1nc2ccc(-c3ccc(N4CCC(NC(=O)OC(C)(C)C)CC4)nc3)cn2c1N(C)c1nc(-c2ccc(F)cc2)c(C#N)s1. The van der Waals surface area contributed by atoms with Crippen molar-refractivity contribution >= 4 is 39.8 Å². The van der Waals surface area contributed by atoms with Crippen molar-refractivity contribution in [1.82, 2.24) is 24.7 Å². The molecule has 1 aliphatic rings. The van der Waals surface area contributed by atoms with E-state index in [-0.39, 0.29) is 18.0 Å². The maximum absolute atomic E-state index is 13.6. The first-order valence-electron chi connectivity index (χ1n) is 15.7. The first kappa shape index (κ1) is 31.9. The van der Waals surface area contributed by atoms with Gasteiger partial charge in [-0.15, -0.1) is 0 Å². The van der Waals surface area contributed by atoms with Crippen LogP contribution in [0.3, 0.4) is 0 Å². The number of benzene rings is 1. The molecule has 1 amide bonds. The van der Waals surface area contributed by atoms with E-state index in [9.17, 15) is 14.4 Å². The van der Waals surface area contributed by atoms with Gasteiger partial charge in [0.25, 0.3) is 0 Å². The van der Waals surface area contributed by atoms with Crippen LogP contribution in [0, 0.1) is 17.1 Å². The van der Waals surface area contributed by atoms with Gasteiger partial charge >= 0.3 is 6.09 Å². The van der Waals surface area contributed by atoms with Gasteiger partial charge in [0.15, 0.2) is 5.13 Å². The van der Waals surface area contributed by atoms with Gasteiger partial charge in [0.1, 0.15) is 45.3 Å². The lowest BCUT2D eigenvalue weighted by Gasteiger charge is -2.33. The number of hydrogen-bond donors (Lipinski definition) is 1. The molecular formula is C35H37FN8O2S. The highest BCUT2D eigenvalue weighted by molar-refractivity contribution is 7.16. The summed E-state index contributed by atoms with van der Waals surface area (Å²) >= 11 is 1.29. The number of alkyl carbamates (subject to hydrolysis) is 1. The Bertz CT molecular complexity index is 1930. The Morgan fingerprint density at radius 3 is 2.43 bits per heavy atom. The lowest BCUT2D eigenvalue weighted by atomic mass is 10.0. The number of piperidine rings is 1.